The fourth-order valence-electron chi connectivity index (χ4n) is 4.96. The van der Waals surface area contributed by atoms with Gasteiger partial charge in [-0.15, -0.1) is 10.2 Å². The molecule has 1 aromatic carbocycles. The Morgan fingerprint density at radius 3 is 2.82 bits per heavy atom. The Labute approximate surface area is 195 Å². The van der Waals surface area contributed by atoms with Gasteiger partial charge < -0.3 is 4.98 Å². The molecule has 168 valence electrons. The van der Waals surface area contributed by atoms with Gasteiger partial charge >= 0.3 is 0 Å². The third-order valence-corrected chi connectivity index (χ3v) is 6.61. The molecule has 0 fully saturated rings. The number of rotatable bonds is 3. The first kappa shape index (κ1) is 20.4. The van der Waals surface area contributed by atoms with Gasteiger partial charge in [0.05, 0.1) is 16.6 Å². The van der Waals surface area contributed by atoms with E-state index >= 15 is 0 Å². The van der Waals surface area contributed by atoms with Crippen LogP contribution in [0.25, 0.3) is 39.2 Å². The summed E-state index contributed by atoms with van der Waals surface area (Å²) in [5.74, 6) is 1.14. The predicted molar refractivity (Wildman–Crippen MR) is 131 cm³/mol. The number of aliphatic imine (C=N–C) groups is 1. The summed E-state index contributed by atoms with van der Waals surface area (Å²) in [6.45, 7) is 5.97. The molecule has 3 aromatic heterocycles. The summed E-state index contributed by atoms with van der Waals surface area (Å²) in [5.41, 5.74) is 6.31. The number of aromatic amines is 1. The van der Waals surface area contributed by atoms with Crippen LogP contribution >= 0.6 is 0 Å². The molecule has 0 radical (unpaired) electrons. The highest BCUT2D eigenvalue weighted by molar-refractivity contribution is 5.98. The average Bonchev–Trinajstić information content (AvgIpc) is 3.46. The van der Waals surface area contributed by atoms with E-state index in [4.69, 9.17) is 4.98 Å². The lowest BCUT2D eigenvalue weighted by Gasteiger charge is -2.36. The molecule has 7 nitrogen and oxygen atoms in total. The molecule has 0 bridgehead atoms. The second-order valence-electron chi connectivity index (χ2n) is 8.87. The fraction of sp³-hybridized carbons (Fsp3) is 0.192. The standard InChI is InChI=1S/C26H22FN7/c1-15-11-17(6-9-28-15)18-12-19(25-30-14-31-33-25)23-21(13-18)34(16(2)32-23)22-7-10-29-24-20(27)5-4-8-26(22,24)3/h4-7,9-14H,8H2,1-3H3,(H,30,31,33). The van der Waals surface area contributed by atoms with Crippen LogP contribution in [0, 0.1) is 19.3 Å². The smallest absolute Gasteiger partial charge is 0.163 e. The number of halogens is 1. The Kier molecular flexibility index (Phi) is 4.45. The summed E-state index contributed by atoms with van der Waals surface area (Å²) < 4.78 is 16.9. The third-order valence-electron chi connectivity index (χ3n) is 6.61. The molecule has 0 amide bonds. The molecule has 1 N–H and O–H groups in total. The first-order valence-corrected chi connectivity index (χ1v) is 11.1. The van der Waals surface area contributed by atoms with Gasteiger partial charge in [0, 0.05) is 29.4 Å². The zero-order valence-corrected chi connectivity index (χ0v) is 19.0. The molecule has 2 aliphatic rings. The van der Waals surface area contributed by atoms with Crippen LogP contribution in [-0.2, 0) is 0 Å². The van der Waals surface area contributed by atoms with Gasteiger partial charge in [0.2, 0.25) is 0 Å². The molecule has 4 aromatic rings. The fourth-order valence-corrected chi connectivity index (χ4v) is 4.96. The second kappa shape index (κ2) is 7.41. The number of dihydropyridines is 1. The molecule has 34 heavy (non-hydrogen) atoms. The van der Waals surface area contributed by atoms with E-state index in [0.717, 1.165) is 44.9 Å². The minimum atomic E-state index is -0.609. The summed E-state index contributed by atoms with van der Waals surface area (Å²) in [6.07, 6.45) is 11.0. The number of aromatic nitrogens is 6. The van der Waals surface area contributed by atoms with Gasteiger partial charge in [-0.05, 0) is 74.7 Å². The van der Waals surface area contributed by atoms with Crippen LogP contribution in [-0.4, -0.2) is 35.9 Å². The monoisotopic (exact) mass is 451 g/mol. The Hall–Kier alpha value is -4.20. The highest BCUT2D eigenvalue weighted by Crippen LogP contribution is 2.49. The summed E-state index contributed by atoms with van der Waals surface area (Å²) in [4.78, 5) is 16.8. The van der Waals surface area contributed by atoms with Gasteiger partial charge in [0.1, 0.15) is 23.5 Å². The largest absolute Gasteiger partial charge is 0.327 e. The van der Waals surface area contributed by atoms with Gasteiger partial charge in [0.25, 0.3) is 0 Å². The van der Waals surface area contributed by atoms with Crippen molar-refractivity contribution >= 4 is 22.9 Å². The van der Waals surface area contributed by atoms with Crippen molar-refractivity contribution in [1.29, 1.82) is 0 Å². The van der Waals surface area contributed by atoms with Gasteiger partial charge in [-0.1, -0.05) is 6.08 Å². The summed E-state index contributed by atoms with van der Waals surface area (Å²) in [7, 11) is 0. The van der Waals surface area contributed by atoms with Gasteiger partial charge in [-0.2, -0.15) is 0 Å². The number of fused-ring (bicyclic) bond motifs is 2. The Morgan fingerprint density at radius 2 is 2.03 bits per heavy atom. The van der Waals surface area contributed by atoms with Gasteiger partial charge in [-0.3, -0.25) is 14.5 Å². The number of benzene rings is 1. The van der Waals surface area contributed by atoms with Crippen molar-refractivity contribution in [3.63, 3.8) is 0 Å². The molecule has 1 unspecified atom stereocenters. The number of hydrogen-bond donors (Lipinski definition) is 1. The van der Waals surface area contributed by atoms with Gasteiger partial charge in [-0.25, -0.2) is 9.37 Å². The topological polar surface area (TPSA) is 84.6 Å². The van der Waals surface area contributed by atoms with E-state index in [1.165, 1.54) is 6.08 Å². The van der Waals surface area contributed by atoms with Crippen LogP contribution in [0.4, 0.5) is 4.39 Å². The molecule has 1 aliphatic carbocycles. The lowest BCUT2D eigenvalue weighted by atomic mass is 9.75. The Bertz CT molecular complexity index is 1570. The lowest BCUT2D eigenvalue weighted by molar-refractivity contribution is 0.472. The second-order valence-corrected chi connectivity index (χ2v) is 8.87. The van der Waals surface area contributed by atoms with Crippen molar-refractivity contribution in [2.45, 2.75) is 27.2 Å². The summed E-state index contributed by atoms with van der Waals surface area (Å²) >= 11 is 0. The van der Waals surface area contributed by atoms with Gasteiger partial charge in [0.15, 0.2) is 5.82 Å². The molecule has 0 saturated carbocycles. The van der Waals surface area contributed by atoms with Crippen LogP contribution in [0.15, 0.2) is 71.5 Å². The normalized spacial score (nSPS) is 19.6. The first-order valence-electron chi connectivity index (χ1n) is 11.1. The maximum Gasteiger partial charge on any atom is 0.163 e. The molecule has 4 heterocycles. The van der Waals surface area contributed by atoms with E-state index in [-0.39, 0.29) is 5.83 Å². The highest BCUT2D eigenvalue weighted by atomic mass is 19.1. The van der Waals surface area contributed by atoms with Crippen molar-refractivity contribution in [2.75, 3.05) is 0 Å². The molecule has 1 atom stereocenters. The maximum atomic E-state index is 14.8. The quantitative estimate of drug-likeness (QED) is 0.441. The number of hydrogen-bond acceptors (Lipinski definition) is 5. The molecule has 0 spiro atoms. The van der Waals surface area contributed by atoms with Crippen molar-refractivity contribution in [3.05, 3.63) is 78.1 Å². The van der Waals surface area contributed by atoms with Crippen LogP contribution in [0.1, 0.15) is 24.9 Å². The van der Waals surface area contributed by atoms with Crippen molar-refractivity contribution in [3.8, 4) is 22.5 Å². The molecular formula is C26H22FN7. The third kappa shape index (κ3) is 2.98. The number of aryl methyl sites for hydroxylation is 2. The SMILES string of the molecule is Cc1cc(-c2cc(-c3nnc[nH]3)c3nc(C)n(C4=CC=NC5=C(F)C=CCC45C)c3c2)ccn1. The number of H-pyrrole nitrogens is 1. The molecule has 0 saturated heterocycles. The van der Waals surface area contributed by atoms with Crippen LogP contribution < -0.4 is 0 Å². The minimum absolute atomic E-state index is 0.298. The summed E-state index contributed by atoms with van der Waals surface area (Å²) in [5, 5.41) is 8.24. The highest BCUT2D eigenvalue weighted by Gasteiger charge is 2.40. The lowest BCUT2D eigenvalue weighted by Crippen LogP contribution is -2.28. The van der Waals surface area contributed by atoms with E-state index in [9.17, 15) is 4.39 Å². The van der Waals surface area contributed by atoms with E-state index in [1.807, 2.05) is 39.0 Å². The van der Waals surface area contributed by atoms with Crippen molar-refractivity contribution in [2.24, 2.45) is 10.4 Å². The molecule has 1 aliphatic heterocycles. The summed E-state index contributed by atoms with van der Waals surface area (Å²) in [6, 6.07) is 8.23. The molecular weight excluding hydrogens is 429 g/mol. The van der Waals surface area contributed by atoms with E-state index in [0.29, 0.717) is 17.9 Å². The minimum Gasteiger partial charge on any atom is -0.327 e. The predicted octanol–water partition coefficient (Wildman–Crippen LogP) is 5.57. The number of allylic oxidation sites excluding steroid dienone is 5. The zero-order valence-electron chi connectivity index (χ0n) is 19.0. The number of nitrogens with one attached hydrogen (secondary N) is 1. The number of pyridine rings is 1. The van der Waals surface area contributed by atoms with E-state index in [2.05, 4.69) is 47.9 Å². The Balaban J connectivity index is 1.66. The maximum absolute atomic E-state index is 14.8. The van der Waals surface area contributed by atoms with E-state index < -0.39 is 5.41 Å². The Morgan fingerprint density at radius 1 is 1.15 bits per heavy atom. The van der Waals surface area contributed by atoms with E-state index in [1.54, 1.807) is 18.7 Å². The molecule has 8 heteroatoms. The zero-order chi connectivity index (χ0) is 23.4. The molecule has 6 rings (SSSR count). The van der Waals surface area contributed by atoms with Crippen LogP contribution in [0.3, 0.4) is 0 Å². The first-order chi connectivity index (χ1) is 16.5. The average molecular weight is 452 g/mol. The number of nitrogens with zero attached hydrogens (tertiary/aromatic N) is 6. The number of imidazole rings is 1. The van der Waals surface area contributed by atoms with Crippen molar-refractivity contribution in [1.82, 2.24) is 29.7 Å². The van der Waals surface area contributed by atoms with Crippen LogP contribution in [0.2, 0.25) is 0 Å². The van der Waals surface area contributed by atoms with Crippen molar-refractivity contribution < 1.29 is 4.39 Å². The van der Waals surface area contributed by atoms with Crippen LogP contribution in [0.5, 0.6) is 0 Å².